The maximum atomic E-state index is 12.8. The molecule has 0 aliphatic rings. The minimum Gasteiger partial charge on any atom is -0.336 e. The Morgan fingerprint density at radius 3 is 2.72 bits per heavy atom. The highest BCUT2D eigenvalue weighted by Crippen LogP contribution is 2.32. The van der Waals surface area contributed by atoms with Crippen molar-refractivity contribution in [1.82, 2.24) is 20.3 Å². The number of pyridine rings is 1. The van der Waals surface area contributed by atoms with Crippen molar-refractivity contribution < 1.29 is 9.32 Å². The van der Waals surface area contributed by atoms with Crippen LogP contribution in [0.25, 0.3) is 11.1 Å². The van der Waals surface area contributed by atoms with Crippen LogP contribution in [0.15, 0.2) is 44.2 Å². The van der Waals surface area contributed by atoms with Crippen molar-refractivity contribution in [2.24, 2.45) is 0 Å². The summed E-state index contributed by atoms with van der Waals surface area (Å²) in [6, 6.07) is 7.66. The van der Waals surface area contributed by atoms with Gasteiger partial charge in [0.15, 0.2) is 4.34 Å². The number of fused-ring (bicyclic) bond motifs is 1. The molecule has 0 atom stereocenters. The van der Waals surface area contributed by atoms with Gasteiger partial charge in [-0.25, -0.2) is 4.98 Å². The normalized spacial score (nSPS) is 11.3. The largest absolute Gasteiger partial charge is 0.336 e. The van der Waals surface area contributed by atoms with Gasteiger partial charge in [-0.15, -0.1) is 10.2 Å². The Kier molecular flexibility index (Phi) is 5.33. The third-order valence-electron chi connectivity index (χ3n) is 4.33. The minimum absolute atomic E-state index is 0.181. The van der Waals surface area contributed by atoms with Crippen molar-refractivity contribution >= 4 is 45.8 Å². The summed E-state index contributed by atoms with van der Waals surface area (Å²) in [6.45, 7) is 7.94. The average Bonchev–Trinajstić information content (AvgIpc) is 3.29. The zero-order chi connectivity index (χ0) is 20.5. The smallest absolute Gasteiger partial charge is 0.257 e. The predicted molar refractivity (Wildman–Crippen MR) is 114 cm³/mol. The quantitative estimate of drug-likeness (QED) is 0.468. The van der Waals surface area contributed by atoms with Gasteiger partial charge < -0.3 is 9.84 Å². The maximum Gasteiger partial charge on any atom is 0.257 e. The van der Waals surface area contributed by atoms with E-state index in [1.165, 1.54) is 6.20 Å². The molecule has 7 nitrogen and oxygen atoms in total. The molecule has 1 N–H and O–H groups in total. The molecule has 0 unspecified atom stereocenters. The number of carbonyl (C=O) groups is 1. The summed E-state index contributed by atoms with van der Waals surface area (Å²) in [5.41, 5.74) is 3.42. The summed E-state index contributed by atoms with van der Waals surface area (Å²) in [7, 11) is 0. The number of aromatic nitrogens is 4. The fraction of sp³-hybridized carbons (Fsp3) is 0.250. The van der Waals surface area contributed by atoms with Crippen LogP contribution in [0, 0.1) is 13.8 Å². The van der Waals surface area contributed by atoms with Crippen LogP contribution in [0.4, 0.5) is 5.69 Å². The van der Waals surface area contributed by atoms with E-state index in [2.05, 4.69) is 25.7 Å². The van der Waals surface area contributed by atoms with Crippen molar-refractivity contribution in [3.8, 4) is 0 Å². The first kappa shape index (κ1) is 19.5. The molecule has 0 aliphatic carbocycles. The Balaban J connectivity index is 1.53. The van der Waals surface area contributed by atoms with E-state index >= 15 is 0 Å². The van der Waals surface area contributed by atoms with E-state index in [1.807, 2.05) is 45.9 Å². The molecule has 4 aromatic rings. The Bertz CT molecular complexity index is 1200. The molecule has 0 spiro atoms. The Morgan fingerprint density at radius 1 is 1.21 bits per heavy atom. The zero-order valence-corrected chi connectivity index (χ0v) is 18.0. The third kappa shape index (κ3) is 4.15. The van der Waals surface area contributed by atoms with Crippen LogP contribution in [0.5, 0.6) is 0 Å². The summed E-state index contributed by atoms with van der Waals surface area (Å²) in [6.07, 6.45) is 1.50. The lowest BCUT2D eigenvalue weighted by Gasteiger charge is -2.10. The average molecular weight is 426 g/mol. The lowest BCUT2D eigenvalue weighted by atomic mass is 10.1. The summed E-state index contributed by atoms with van der Waals surface area (Å²) >= 11 is 3.11. The molecule has 0 bridgehead atoms. The van der Waals surface area contributed by atoms with Crippen LogP contribution in [0.2, 0.25) is 0 Å². The van der Waals surface area contributed by atoms with Gasteiger partial charge in [0, 0.05) is 16.8 Å². The van der Waals surface area contributed by atoms with Gasteiger partial charge in [0.25, 0.3) is 11.6 Å². The standard InChI is InChI=1S/C20H19N5O2S2/c1-10(2)17-15-8-13(9-21-19(15)27-25-17)18(26)22-16-6-5-14(7-11(16)3)29-20-24-23-12(4)28-20/h5-10H,1-4H3,(H,22,26). The number of nitrogens with zero attached hydrogens (tertiary/aromatic N) is 4. The second-order valence-electron chi connectivity index (χ2n) is 6.92. The number of aryl methyl sites for hydroxylation is 2. The van der Waals surface area contributed by atoms with E-state index in [9.17, 15) is 4.79 Å². The highest BCUT2D eigenvalue weighted by Gasteiger charge is 2.16. The van der Waals surface area contributed by atoms with Crippen molar-refractivity contribution in [1.29, 1.82) is 0 Å². The number of hydrogen-bond donors (Lipinski definition) is 1. The van der Waals surface area contributed by atoms with Gasteiger partial charge in [-0.3, -0.25) is 4.79 Å². The molecule has 0 aliphatic heterocycles. The molecule has 9 heteroatoms. The van der Waals surface area contributed by atoms with Gasteiger partial charge in [0.2, 0.25) is 0 Å². The Labute approximate surface area is 175 Å². The van der Waals surface area contributed by atoms with Crippen molar-refractivity contribution in [2.45, 2.75) is 42.8 Å². The highest BCUT2D eigenvalue weighted by molar-refractivity contribution is 8.01. The molecule has 29 heavy (non-hydrogen) atoms. The molecule has 148 valence electrons. The fourth-order valence-corrected chi connectivity index (χ4v) is 4.73. The molecular weight excluding hydrogens is 406 g/mol. The van der Waals surface area contributed by atoms with Crippen LogP contribution in [-0.2, 0) is 0 Å². The first-order valence-electron chi connectivity index (χ1n) is 9.06. The van der Waals surface area contributed by atoms with Crippen LogP contribution in [-0.4, -0.2) is 26.2 Å². The second kappa shape index (κ2) is 7.92. The molecule has 4 rings (SSSR count). The van der Waals surface area contributed by atoms with Crippen LogP contribution in [0.1, 0.15) is 46.4 Å². The van der Waals surface area contributed by atoms with E-state index in [4.69, 9.17) is 4.52 Å². The van der Waals surface area contributed by atoms with Gasteiger partial charge in [-0.2, -0.15) is 0 Å². The molecule has 0 radical (unpaired) electrons. The number of nitrogens with one attached hydrogen (secondary N) is 1. The number of hydrogen-bond acceptors (Lipinski definition) is 8. The zero-order valence-electron chi connectivity index (χ0n) is 16.4. The Hall–Kier alpha value is -2.78. The Morgan fingerprint density at radius 2 is 2.03 bits per heavy atom. The molecule has 1 amide bonds. The summed E-state index contributed by atoms with van der Waals surface area (Å²) in [4.78, 5) is 18.0. The highest BCUT2D eigenvalue weighted by atomic mass is 32.2. The van der Waals surface area contributed by atoms with Gasteiger partial charge in [0.05, 0.1) is 16.6 Å². The van der Waals surface area contributed by atoms with Crippen molar-refractivity contribution in [2.75, 3.05) is 5.32 Å². The van der Waals surface area contributed by atoms with E-state index in [0.29, 0.717) is 11.3 Å². The minimum atomic E-state index is -0.224. The number of anilines is 1. The topological polar surface area (TPSA) is 93.8 Å². The fourth-order valence-electron chi connectivity index (χ4n) is 2.85. The lowest BCUT2D eigenvalue weighted by molar-refractivity contribution is 0.102. The molecule has 0 fully saturated rings. The van der Waals surface area contributed by atoms with E-state index in [0.717, 1.165) is 36.6 Å². The molecule has 3 heterocycles. The SMILES string of the molecule is Cc1nnc(Sc2ccc(NC(=O)c3cnc4onc(C(C)C)c4c3)c(C)c2)s1. The molecule has 1 aromatic carbocycles. The van der Waals surface area contributed by atoms with Crippen LogP contribution < -0.4 is 5.32 Å². The summed E-state index contributed by atoms with van der Waals surface area (Å²) < 4.78 is 6.14. The second-order valence-corrected chi connectivity index (χ2v) is 9.42. The van der Waals surface area contributed by atoms with Crippen LogP contribution >= 0.6 is 23.1 Å². The predicted octanol–water partition coefficient (Wildman–Crippen LogP) is 5.22. The third-order valence-corrected chi connectivity index (χ3v) is 6.20. The van der Waals surface area contributed by atoms with Gasteiger partial charge in [-0.05, 0) is 49.6 Å². The number of rotatable bonds is 5. The first-order valence-corrected chi connectivity index (χ1v) is 10.7. The van der Waals surface area contributed by atoms with E-state index in [1.54, 1.807) is 29.2 Å². The summed E-state index contributed by atoms with van der Waals surface area (Å²) in [5, 5.41) is 16.9. The monoisotopic (exact) mass is 425 g/mol. The van der Waals surface area contributed by atoms with Crippen molar-refractivity contribution in [3.05, 3.63) is 52.3 Å². The molecule has 0 saturated heterocycles. The lowest BCUT2D eigenvalue weighted by Crippen LogP contribution is -2.13. The van der Waals surface area contributed by atoms with Crippen molar-refractivity contribution in [3.63, 3.8) is 0 Å². The number of carbonyl (C=O) groups excluding carboxylic acids is 1. The van der Waals surface area contributed by atoms with Gasteiger partial charge in [0.1, 0.15) is 5.01 Å². The summed E-state index contributed by atoms with van der Waals surface area (Å²) in [5.74, 6) is -0.0426. The molecule has 3 aromatic heterocycles. The van der Waals surface area contributed by atoms with Gasteiger partial charge in [-0.1, -0.05) is 42.1 Å². The number of benzene rings is 1. The van der Waals surface area contributed by atoms with E-state index in [-0.39, 0.29) is 11.8 Å². The van der Waals surface area contributed by atoms with E-state index < -0.39 is 0 Å². The molecule has 0 saturated carbocycles. The number of amides is 1. The van der Waals surface area contributed by atoms with Gasteiger partial charge >= 0.3 is 0 Å². The maximum absolute atomic E-state index is 12.8. The first-order chi connectivity index (χ1) is 13.9. The van der Waals surface area contributed by atoms with Crippen LogP contribution in [0.3, 0.4) is 0 Å². The molecular formula is C20H19N5O2S2.